The van der Waals surface area contributed by atoms with E-state index in [4.69, 9.17) is 23.2 Å². The number of aromatic nitrogens is 2. The van der Waals surface area contributed by atoms with Gasteiger partial charge in [-0.3, -0.25) is 9.52 Å². The highest BCUT2D eigenvalue weighted by Crippen LogP contribution is 2.26. The van der Waals surface area contributed by atoms with E-state index < -0.39 is 15.9 Å². The fourth-order valence-corrected chi connectivity index (χ4v) is 2.98. The normalized spacial score (nSPS) is 11.5. The molecule has 6 nitrogen and oxygen atoms in total. The number of amides is 1. The van der Waals surface area contributed by atoms with Gasteiger partial charge in [-0.25, -0.2) is 13.1 Å². The Labute approximate surface area is 144 Å². The van der Waals surface area contributed by atoms with Gasteiger partial charge < -0.3 is 0 Å². The number of carbonyl (C=O) groups is 1. The number of benzene rings is 1. The molecule has 0 aliphatic carbocycles. The van der Waals surface area contributed by atoms with Crippen molar-refractivity contribution in [1.29, 1.82) is 0 Å². The van der Waals surface area contributed by atoms with E-state index in [-0.39, 0.29) is 6.42 Å². The van der Waals surface area contributed by atoms with Crippen molar-refractivity contribution in [3.63, 3.8) is 0 Å². The van der Waals surface area contributed by atoms with Gasteiger partial charge in [0.15, 0.2) is 0 Å². The summed E-state index contributed by atoms with van der Waals surface area (Å²) in [6.45, 7) is 3.55. The molecule has 9 heteroatoms. The van der Waals surface area contributed by atoms with Crippen LogP contribution in [0.2, 0.25) is 10.0 Å². The molecule has 1 amide bonds. The Morgan fingerprint density at radius 2 is 1.91 bits per heavy atom. The number of hydrogen-bond acceptors (Lipinski definition) is 4. The smallest absolute Gasteiger partial charge is 0.237 e. The zero-order valence-corrected chi connectivity index (χ0v) is 15.1. The SMILES string of the molecule is Cc1nn(-c2ccc(Cl)c(Cl)c2)c(C)c1CC(=O)NS(C)(=O)=O. The molecule has 1 N–H and O–H groups in total. The molecule has 1 aromatic heterocycles. The summed E-state index contributed by atoms with van der Waals surface area (Å²) in [6, 6.07) is 5.09. The van der Waals surface area contributed by atoms with E-state index in [1.807, 2.05) is 4.72 Å². The predicted octanol–water partition coefficient (Wildman–Crippen LogP) is 2.41. The van der Waals surface area contributed by atoms with Crippen molar-refractivity contribution in [3.8, 4) is 5.69 Å². The number of sulfonamides is 1. The van der Waals surface area contributed by atoms with Crippen molar-refractivity contribution in [1.82, 2.24) is 14.5 Å². The zero-order valence-electron chi connectivity index (χ0n) is 12.7. The molecular formula is C14H15Cl2N3O3S. The molecule has 0 saturated heterocycles. The number of aryl methyl sites for hydroxylation is 1. The lowest BCUT2D eigenvalue weighted by Crippen LogP contribution is -2.30. The summed E-state index contributed by atoms with van der Waals surface area (Å²) >= 11 is 11.9. The van der Waals surface area contributed by atoms with Crippen LogP contribution in [0.15, 0.2) is 18.2 Å². The van der Waals surface area contributed by atoms with Gasteiger partial charge >= 0.3 is 0 Å². The first-order valence-corrected chi connectivity index (χ1v) is 9.24. The van der Waals surface area contributed by atoms with E-state index in [1.165, 1.54) is 0 Å². The van der Waals surface area contributed by atoms with Crippen LogP contribution in [0.5, 0.6) is 0 Å². The zero-order chi connectivity index (χ0) is 17.4. The minimum Gasteiger partial charge on any atom is -0.274 e. The van der Waals surface area contributed by atoms with Crippen LogP contribution in [0.3, 0.4) is 0 Å². The van der Waals surface area contributed by atoms with Gasteiger partial charge in [-0.15, -0.1) is 0 Å². The van der Waals surface area contributed by atoms with Crippen LogP contribution in [0, 0.1) is 13.8 Å². The fourth-order valence-electron chi connectivity index (χ4n) is 2.20. The number of rotatable bonds is 4. The molecule has 1 heterocycles. The average molecular weight is 376 g/mol. The van der Waals surface area contributed by atoms with Crippen molar-refractivity contribution >= 4 is 39.1 Å². The minimum atomic E-state index is -3.58. The van der Waals surface area contributed by atoms with Crippen molar-refractivity contribution < 1.29 is 13.2 Å². The number of nitrogens with zero attached hydrogens (tertiary/aromatic N) is 2. The molecule has 0 bridgehead atoms. The second kappa shape index (κ2) is 6.51. The number of halogens is 2. The summed E-state index contributed by atoms with van der Waals surface area (Å²) in [7, 11) is -3.58. The quantitative estimate of drug-likeness (QED) is 0.889. The monoisotopic (exact) mass is 375 g/mol. The first-order chi connectivity index (χ1) is 10.6. The van der Waals surface area contributed by atoms with Crippen LogP contribution in [-0.2, 0) is 21.2 Å². The minimum absolute atomic E-state index is 0.0773. The van der Waals surface area contributed by atoms with E-state index >= 15 is 0 Å². The lowest BCUT2D eigenvalue weighted by atomic mass is 10.1. The molecule has 0 radical (unpaired) electrons. The third-order valence-electron chi connectivity index (χ3n) is 3.23. The van der Waals surface area contributed by atoms with E-state index in [0.29, 0.717) is 27.0 Å². The van der Waals surface area contributed by atoms with Gasteiger partial charge in [-0.05, 0) is 32.0 Å². The van der Waals surface area contributed by atoms with Crippen LogP contribution < -0.4 is 4.72 Å². The topological polar surface area (TPSA) is 81.1 Å². The molecule has 2 aromatic rings. The largest absolute Gasteiger partial charge is 0.274 e. The highest BCUT2D eigenvalue weighted by Gasteiger charge is 2.18. The molecule has 0 spiro atoms. The molecule has 124 valence electrons. The maximum atomic E-state index is 11.8. The van der Waals surface area contributed by atoms with Crippen LogP contribution in [-0.4, -0.2) is 30.4 Å². The van der Waals surface area contributed by atoms with Gasteiger partial charge in [-0.1, -0.05) is 23.2 Å². The number of nitrogens with one attached hydrogen (secondary N) is 1. The summed E-state index contributed by atoms with van der Waals surface area (Å²) < 4.78 is 25.8. The van der Waals surface area contributed by atoms with Gasteiger partial charge in [0.05, 0.1) is 34.1 Å². The van der Waals surface area contributed by atoms with Crippen molar-refractivity contribution in [2.24, 2.45) is 0 Å². The molecule has 0 unspecified atom stereocenters. The Hall–Kier alpha value is -1.57. The van der Waals surface area contributed by atoms with Gasteiger partial charge in [0.2, 0.25) is 15.9 Å². The molecule has 0 aliphatic heterocycles. The van der Waals surface area contributed by atoms with E-state index in [0.717, 1.165) is 11.9 Å². The maximum absolute atomic E-state index is 11.8. The van der Waals surface area contributed by atoms with Crippen LogP contribution in [0.4, 0.5) is 0 Å². The molecule has 0 fully saturated rings. The predicted molar refractivity (Wildman–Crippen MR) is 89.7 cm³/mol. The Bertz CT molecular complexity index is 876. The summed E-state index contributed by atoms with van der Waals surface area (Å²) in [5.41, 5.74) is 2.73. The van der Waals surface area contributed by atoms with Gasteiger partial charge in [0.1, 0.15) is 0 Å². The first kappa shape index (κ1) is 17.8. The molecule has 1 aromatic carbocycles. The van der Waals surface area contributed by atoms with E-state index in [2.05, 4.69) is 5.10 Å². The maximum Gasteiger partial charge on any atom is 0.237 e. The third-order valence-corrected chi connectivity index (χ3v) is 4.56. The average Bonchev–Trinajstić information content (AvgIpc) is 2.68. The fraction of sp³-hybridized carbons (Fsp3) is 0.286. The molecule has 23 heavy (non-hydrogen) atoms. The van der Waals surface area contributed by atoms with Crippen LogP contribution in [0.25, 0.3) is 5.69 Å². The van der Waals surface area contributed by atoms with Crippen molar-refractivity contribution in [2.45, 2.75) is 20.3 Å². The van der Waals surface area contributed by atoms with Crippen LogP contribution >= 0.6 is 23.2 Å². The van der Waals surface area contributed by atoms with Crippen LogP contribution in [0.1, 0.15) is 17.0 Å². The van der Waals surface area contributed by atoms with Crippen molar-refractivity contribution in [2.75, 3.05) is 6.26 Å². The summed E-state index contributed by atoms with van der Waals surface area (Å²) in [4.78, 5) is 11.8. The Morgan fingerprint density at radius 3 is 2.48 bits per heavy atom. The molecule has 0 saturated carbocycles. The summed E-state index contributed by atoms with van der Waals surface area (Å²) in [5, 5.41) is 5.22. The second-order valence-corrected chi connectivity index (χ2v) is 7.70. The summed E-state index contributed by atoms with van der Waals surface area (Å²) in [6.07, 6.45) is 0.857. The second-order valence-electron chi connectivity index (χ2n) is 5.13. The summed E-state index contributed by atoms with van der Waals surface area (Å²) in [5.74, 6) is -0.604. The number of carbonyl (C=O) groups excluding carboxylic acids is 1. The Kier molecular flexibility index (Phi) is 5.03. The van der Waals surface area contributed by atoms with E-state index in [9.17, 15) is 13.2 Å². The lowest BCUT2D eigenvalue weighted by Gasteiger charge is -2.07. The first-order valence-electron chi connectivity index (χ1n) is 6.59. The molecule has 0 aliphatic rings. The highest BCUT2D eigenvalue weighted by molar-refractivity contribution is 7.89. The van der Waals surface area contributed by atoms with Gasteiger partial charge in [0, 0.05) is 11.3 Å². The highest BCUT2D eigenvalue weighted by atomic mass is 35.5. The Balaban J connectivity index is 2.36. The van der Waals surface area contributed by atoms with E-state index in [1.54, 1.807) is 36.7 Å². The molecule has 0 atom stereocenters. The third kappa shape index (κ3) is 4.25. The molecule has 2 rings (SSSR count). The standard InChI is InChI=1S/C14H15Cl2N3O3S/c1-8-11(7-14(20)18-23(3,21)22)9(2)19(17-8)10-4-5-12(15)13(16)6-10/h4-6H,7H2,1-3H3,(H,18,20). The Morgan fingerprint density at radius 1 is 1.26 bits per heavy atom. The lowest BCUT2D eigenvalue weighted by molar-refractivity contribution is -0.118. The van der Waals surface area contributed by atoms with Gasteiger partial charge in [-0.2, -0.15) is 5.10 Å². The van der Waals surface area contributed by atoms with Crippen molar-refractivity contribution in [3.05, 3.63) is 45.2 Å². The van der Waals surface area contributed by atoms with Gasteiger partial charge in [0.25, 0.3) is 0 Å². The molecular weight excluding hydrogens is 361 g/mol. The number of hydrogen-bond donors (Lipinski definition) is 1.